The number of ether oxygens (including phenoxy) is 1. The highest BCUT2D eigenvalue weighted by atomic mass is 16.5. The van der Waals surface area contributed by atoms with Crippen LogP contribution < -0.4 is 10.6 Å². The average molecular weight is 397 g/mol. The summed E-state index contributed by atoms with van der Waals surface area (Å²) in [4.78, 5) is 25.8. The Balaban J connectivity index is 1.55. The van der Waals surface area contributed by atoms with Crippen LogP contribution in [0, 0.1) is 0 Å². The molecule has 1 aromatic carbocycles. The van der Waals surface area contributed by atoms with Crippen molar-refractivity contribution < 1.29 is 19.4 Å². The molecule has 1 atom stereocenters. The predicted octanol–water partition coefficient (Wildman–Crippen LogP) is 2.15. The van der Waals surface area contributed by atoms with E-state index in [0.29, 0.717) is 49.6 Å². The zero-order chi connectivity index (χ0) is 20.4. The molecule has 2 heterocycles. The number of fused-ring (bicyclic) bond motifs is 1. The summed E-state index contributed by atoms with van der Waals surface area (Å²) in [6.45, 7) is 3.57. The van der Waals surface area contributed by atoms with E-state index in [1.54, 1.807) is 6.07 Å². The largest absolute Gasteiger partial charge is 0.388 e. The second-order valence-electron chi connectivity index (χ2n) is 7.85. The molecule has 1 aliphatic heterocycles. The summed E-state index contributed by atoms with van der Waals surface area (Å²) in [6, 6.07) is 11.4. The topological polar surface area (TPSA) is 92.6 Å². The predicted molar refractivity (Wildman–Crippen MR) is 108 cm³/mol. The summed E-state index contributed by atoms with van der Waals surface area (Å²) < 4.78 is 7.40. The number of aromatic nitrogens is 1. The van der Waals surface area contributed by atoms with E-state index >= 15 is 0 Å². The van der Waals surface area contributed by atoms with Gasteiger partial charge in [-0.2, -0.15) is 0 Å². The number of benzene rings is 1. The molecule has 2 aliphatic rings. The van der Waals surface area contributed by atoms with Gasteiger partial charge in [0.2, 0.25) is 0 Å². The molecule has 7 heteroatoms. The monoisotopic (exact) mass is 397 g/mol. The number of amides is 2. The fourth-order valence-corrected chi connectivity index (χ4v) is 3.71. The Kier molecular flexibility index (Phi) is 5.43. The number of aliphatic hydroxyl groups is 1. The Morgan fingerprint density at radius 1 is 1.24 bits per heavy atom. The smallest absolute Gasteiger partial charge is 0.268 e. The molecule has 2 aromatic rings. The van der Waals surface area contributed by atoms with E-state index in [0.717, 1.165) is 12.0 Å². The van der Waals surface area contributed by atoms with Gasteiger partial charge in [0.1, 0.15) is 5.69 Å². The molecule has 29 heavy (non-hydrogen) atoms. The van der Waals surface area contributed by atoms with Gasteiger partial charge in [-0.1, -0.05) is 37.3 Å². The molecular formula is C22H27N3O4. The fraction of sp³-hybridized carbons (Fsp3) is 0.455. The van der Waals surface area contributed by atoms with E-state index in [1.165, 1.54) is 0 Å². The second-order valence-corrected chi connectivity index (χ2v) is 7.85. The van der Waals surface area contributed by atoms with Gasteiger partial charge in [-0.3, -0.25) is 9.59 Å². The van der Waals surface area contributed by atoms with Gasteiger partial charge < -0.3 is 25.0 Å². The molecule has 0 unspecified atom stereocenters. The van der Waals surface area contributed by atoms with E-state index in [9.17, 15) is 14.7 Å². The van der Waals surface area contributed by atoms with Gasteiger partial charge in [-0.05, 0) is 30.9 Å². The lowest BCUT2D eigenvalue weighted by Gasteiger charge is -2.21. The third kappa shape index (κ3) is 4.21. The molecule has 1 saturated carbocycles. The Labute approximate surface area is 170 Å². The highest BCUT2D eigenvalue weighted by Gasteiger charge is 2.40. The van der Waals surface area contributed by atoms with Gasteiger partial charge in [-0.15, -0.1) is 0 Å². The number of rotatable bonds is 7. The van der Waals surface area contributed by atoms with Crippen molar-refractivity contribution in [3.05, 3.63) is 58.9 Å². The molecule has 0 spiro atoms. The van der Waals surface area contributed by atoms with Gasteiger partial charge in [-0.25, -0.2) is 0 Å². The number of carbonyl (C=O) groups excluding carboxylic acids is 2. The minimum absolute atomic E-state index is 0.106. The van der Waals surface area contributed by atoms with Gasteiger partial charge in [0.05, 0.1) is 36.1 Å². The molecule has 1 aromatic heterocycles. The lowest BCUT2D eigenvalue weighted by molar-refractivity contribution is 0.0766. The lowest BCUT2D eigenvalue weighted by atomic mass is 10.0. The summed E-state index contributed by atoms with van der Waals surface area (Å²) in [5.41, 5.74) is 1.90. The number of carbonyl (C=O) groups is 2. The number of nitrogens with one attached hydrogen (secondary N) is 2. The Hall–Kier alpha value is -2.64. The first kappa shape index (κ1) is 19.7. The first-order valence-electron chi connectivity index (χ1n) is 10.2. The Bertz CT molecular complexity index is 902. The van der Waals surface area contributed by atoms with Crippen LogP contribution in [0.2, 0.25) is 0 Å². The average Bonchev–Trinajstić information content (AvgIpc) is 3.36. The molecule has 1 aliphatic carbocycles. The molecule has 2 amide bonds. The molecule has 154 valence electrons. The number of hydrogen-bond donors (Lipinski definition) is 3. The third-order valence-electron chi connectivity index (χ3n) is 5.70. The molecule has 7 nitrogen and oxygen atoms in total. The highest BCUT2D eigenvalue weighted by molar-refractivity contribution is 6.00. The SMILES string of the molecule is CC[C@@H](NC(=O)c1cc(C(=O)NCC2(O)CC2)n2c1COCC2)c1ccccc1. The zero-order valence-corrected chi connectivity index (χ0v) is 16.6. The standard InChI is InChI=1S/C22H27N3O4/c1-2-17(15-6-4-3-5-7-15)24-20(26)16-12-18(25-10-11-29-13-19(16)25)21(27)23-14-22(28)8-9-22/h3-7,12,17,28H,2,8-11,13-14H2,1H3,(H,23,27)(H,24,26)/t17-/m1/s1. The van der Waals surface area contributed by atoms with Crippen LogP contribution in [0.5, 0.6) is 0 Å². The first-order valence-corrected chi connectivity index (χ1v) is 10.2. The van der Waals surface area contributed by atoms with Crippen molar-refractivity contribution in [2.24, 2.45) is 0 Å². The lowest BCUT2D eigenvalue weighted by Crippen LogP contribution is -2.35. The molecule has 0 saturated heterocycles. The fourth-order valence-electron chi connectivity index (χ4n) is 3.71. The van der Waals surface area contributed by atoms with E-state index in [-0.39, 0.29) is 24.4 Å². The van der Waals surface area contributed by atoms with Crippen molar-refractivity contribution in [1.82, 2.24) is 15.2 Å². The van der Waals surface area contributed by atoms with Crippen molar-refractivity contribution >= 4 is 11.8 Å². The van der Waals surface area contributed by atoms with Crippen LogP contribution in [-0.2, 0) is 17.9 Å². The second kappa shape index (κ2) is 8.00. The maximum absolute atomic E-state index is 13.1. The number of nitrogens with zero attached hydrogens (tertiary/aromatic N) is 1. The van der Waals surface area contributed by atoms with Crippen LogP contribution in [0.3, 0.4) is 0 Å². The van der Waals surface area contributed by atoms with E-state index < -0.39 is 5.60 Å². The third-order valence-corrected chi connectivity index (χ3v) is 5.70. The summed E-state index contributed by atoms with van der Waals surface area (Å²) in [5, 5.41) is 15.9. The van der Waals surface area contributed by atoms with Crippen molar-refractivity contribution in [2.75, 3.05) is 13.2 Å². The van der Waals surface area contributed by atoms with E-state index in [4.69, 9.17) is 4.74 Å². The van der Waals surface area contributed by atoms with Crippen LogP contribution in [-0.4, -0.2) is 40.2 Å². The Morgan fingerprint density at radius 3 is 2.69 bits per heavy atom. The molecule has 0 bridgehead atoms. The van der Waals surface area contributed by atoms with Crippen molar-refractivity contribution in [3.63, 3.8) is 0 Å². The van der Waals surface area contributed by atoms with E-state index in [2.05, 4.69) is 10.6 Å². The zero-order valence-electron chi connectivity index (χ0n) is 16.6. The highest BCUT2D eigenvalue weighted by Crippen LogP contribution is 2.34. The summed E-state index contributed by atoms with van der Waals surface area (Å²) in [5.74, 6) is -0.488. The molecular weight excluding hydrogens is 370 g/mol. The van der Waals surface area contributed by atoms with Crippen LogP contribution in [0.15, 0.2) is 36.4 Å². The maximum atomic E-state index is 13.1. The normalized spacial score (nSPS) is 17.9. The van der Waals surface area contributed by atoms with E-state index in [1.807, 2.05) is 41.8 Å². The number of hydrogen-bond acceptors (Lipinski definition) is 4. The maximum Gasteiger partial charge on any atom is 0.268 e. The molecule has 0 radical (unpaired) electrons. The molecule has 4 rings (SSSR count). The van der Waals surface area contributed by atoms with Gasteiger partial charge >= 0.3 is 0 Å². The molecule has 3 N–H and O–H groups in total. The van der Waals surface area contributed by atoms with Crippen LogP contribution >= 0.6 is 0 Å². The van der Waals surface area contributed by atoms with Crippen molar-refractivity contribution in [3.8, 4) is 0 Å². The van der Waals surface area contributed by atoms with Crippen LogP contribution in [0.25, 0.3) is 0 Å². The summed E-state index contributed by atoms with van der Waals surface area (Å²) >= 11 is 0. The van der Waals surface area contributed by atoms with Crippen molar-refractivity contribution in [1.29, 1.82) is 0 Å². The van der Waals surface area contributed by atoms with Crippen LogP contribution in [0.4, 0.5) is 0 Å². The van der Waals surface area contributed by atoms with Gasteiger partial charge in [0.25, 0.3) is 11.8 Å². The quantitative estimate of drug-likeness (QED) is 0.668. The van der Waals surface area contributed by atoms with Crippen LogP contribution in [0.1, 0.15) is 64.3 Å². The van der Waals surface area contributed by atoms with Gasteiger partial charge in [0.15, 0.2) is 0 Å². The van der Waals surface area contributed by atoms with Gasteiger partial charge in [0, 0.05) is 13.1 Å². The van der Waals surface area contributed by atoms with Crippen molar-refractivity contribution in [2.45, 2.75) is 51.0 Å². The minimum Gasteiger partial charge on any atom is -0.388 e. The molecule has 1 fully saturated rings. The first-order chi connectivity index (χ1) is 14.0. The summed E-state index contributed by atoms with van der Waals surface area (Å²) in [6.07, 6.45) is 2.17. The summed E-state index contributed by atoms with van der Waals surface area (Å²) in [7, 11) is 0. The minimum atomic E-state index is -0.764. The Morgan fingerprint density at radius 2 is 2.00 bits per heavy atom.